The van der Waals surface area contributed by atoms with Gasteiger partial charge in [-0.05, 0) is 19.3 Å². The van der Waals surface area contributed by atoms with Gasteiger partial charge >= 0.3 is 5.97 Å². The molecule has 0 radical (unpaired) electrons. The van der Waals surface area contributed by atoms with Gasteiger partial charge in [0, 0.05) is 0 Å². The predicted molar refractivity (Wildman–Crippen MR) is 53.1 cm³/mol. The second-order valence-corrected chi connectivity index (χ2v) is 3.01. The molecule has 0 spiro atoms. The van der Waals surface area contributed by atoms with Crippen molar-refractivity contribution in [3.05, 3.63) is 4.91 Å². The maximum absolute atomic E-state index is 10.8. The molecule has 1 amide bonds. The summed E-state index contributed by atoms with van der Waals surface area (Å²) in [5.41, 5.74) is 5.04. The number of unbranched alkanes of at least 4 members (excludes halogenated alkanes) is 1. The van der Waals surface area contributed by atoms with Crippen molar-refractivity contribution in [2.75, 3.05) is 13.1 Å². The maximum Gasteiger partial charge on any atom is 0.326 e. The van der Waals surface area contributed by atoms with Crippen molar-refractivity contribution < 1.29 is 14.7 Å². The van der Waals surface area contributed by atoms with Gasteiger partial charge in [-0.2, -0.15) is 4.91 Å². The smallest absolute Gasteiger partial charge is 0.326 e. The largest absolute Gasteiger partial charge is 0.480 e. The Balaban J connectivity index is 3.88. The van der Waals surface area contributed by atoms with Crippen LogP contribution in [0.15, 0.2) is 5.18 Å². The summed E-state index contributed by atoms with van der Waals surface area (Å²) in [6, 6.07) is -0.937. The average molecular weight is 217 g/mol. The third-order valence-corrected chi connectivity index (χ3v) is 1.81. The molecule has 0 saturated carbocycles. The number of nitrogens with one attached hydrogen (secondary N) is 1. The highest BCUT2D eigenvalue weighted by Crippen LogP contribution is 2.01. The Kier molecular flexibility index (Phi) is 7.08. The van der Waals surface area contributed by atoms with Crippen molar-refractivity contribution in [2.45, 2.75) is 25.3 Å². The predicted octanol–water partition coefficient (Wildman–Crippen LogP) is -0.549. The SMILES string of the molecule is NCC(=O)NC(CCCCN=O)C(=O)O. The molecule has 15 heavy (non-hydrogen) atoms. The molecule has 0 saturated heterocycles. The Morgan fingerprint density at radius 3 is 2.53 bits per heavy atom. The van der Waals surface area contributed by atoms with Crippen LogP contribution in [0.3, 0.4) is 0 Å². The van der Waals surface area contributed by atoms with E-state index in [0.717, 1.165) is 0 Å². The summed E-state index contributed by atoms with van der Waals surface area (Å²) in [4.78, 5) is 31.3. The number of hydrogen-bond donors (Lipinski definition) is 3. The monoisotopic (exact) mass is 217 g/mol. The number of amides is 1. The zero-order valence-electron chi connectivity index (χ0n) is 8.31. The molecule has 0 aromatic carbocycles. The molecule has 7 heteroatoms. The van der Waals surface area contributed by atoms with Crippen molar-refractivity contribution in [1.82, 2.24) is 5.32 Å². The molecule has 0 fully saturated rings. The lowest BCUT2D eigenvalue weighted by Crippen LogP contribution is -2.43. The minimum atomic E-state index is -1.10. The van der Waals surface area contributed by atoms with Crippen LogP contribution in [0.2, 0.25) is 0 Å². The van der Waals surface area contributed by atoms with Gasteiger partial charge in [-0.1, -0.05) is 5.18 Å². The number of hydrogen-bond acceptors (Lipinski definition) is 5. The fourth-order valence-corrected chi connectivity index (χ4v) is 1.04. The first-order chi connectivity index (χ1) is 7.11. The molecule has 4 N–H and O–H groups in total. The number of aliphatic carboxylic acids is 1. The van der Waals surface area contributed by atoms with E-state index in [4.69, 9.17) is 10.8 Å². The van der Waals surface area contributed by atoms with Crippen molar-refractivity contribution >= 4 is 11.9 Å². The number of rotatable bonds is 8. The highest BCUT2D eigenvalue weighted by Gasteiger charge is 2.18. The van der Waals surface area contributed by atoms with E-state index in [1.54, 1.807) is 0 Å². The Hall–Kier alpha value is -1.50. The van der Waals surface area contributed by atoms with Crippen molar-refractivity contribution in [1.29, 1.82) is 0 Å². The van der Waals surface area contributed by atoms with E-state index in [-0.39, 0.29) is 19.5 Å². The van der Waals surface area contributed by atoms with Gasteiger partial charge in [-0.3, -0.25) is 4.79 Å². The summed E-state index contributed by atoms with van der Waals surface area (Å²) >= 11 is 0. The minimum Gasteiger partial charge on any atom is -0.480 e. The number of carbonyl (C=O) groups excluding carboxylic acids is 1. The van der Waals surface area contributed by atoms with Gasteiger partial charge in [0.1, 0.15) is 6.04 Å². The zero-order valence-corrected chi connectivity index (χ0v) is 8.31. The molecule has 0 rings (SSSR count). The van der Waals surface area contributed by atoms with Gasteiger partial charge in [0.05, 0.1) is 13.1 Å². The molecule has 1 atom stereocenters. The van der Waals surface area contributed by atoms with E-state index in [2.05, 4.69) is 10.5 Å². The molecule has 1 unspecified atom stereocenters. The number of carboxylic acid groups (broad SMARTS) is 1. The van der Waals surface area contributed by atoms with Crippen LogP contribution in [-0.4, -0.2) is 36.1 Å². The van der Waals surface area contributed by atoms with Crippen LogP contribution in [0.1, 0.15) is 19.3 Å². The Morgan fingerprint density at radius 2 is 2.07 bits per heavy atom. The van der Waals surface area contributed by atoms with Gasteiger partial charge in [-0.15, -0.1) is 0 Å². The quantitative estimate of drug-likeness (QED) is 0.372. The summed E-state index contributed by atoms with van der Waals surface area (Å²) in [6.45, 7) is -0.0726. The van der Waals surface area contributed by atoms with E-state index in [0.29, 0.717) is 12.8 Å². The molecular formula is C8H15N3O4. The van der Waals surface area contributed by atoms with Crippen LogP contribution in [-0.2, 0) is 9.59 Å². The number of carboxylic acids is 1. The molecule has 0 bridgehead atoms. The Morgan fingerprint density at radius 1 is 1.40 bits per heavy atom. The summed E-state index contributed by atoms with van der Waals surface area (Å²) < 4.78 is 0. The first-order valence-corrected chi connectivity index (χ1v) is 4.63. The second-order valence-electron chi connectivity index (χ2n) is 3.01. The van der Waals surface area contributed by atoms with Crippen LogP contribution in [0.4, 0.5) is 0 Å². The highest BCUT2D eigenvalue weighted by molar-refractivity contribution is 5.84. The van der Waals surface area contributed by atoms with Gasteiger partial charge in [0.2, 0.25) is 5.91 Å². The normalized spacial score (nSPS) is 11.8. The van der Waals surface area contributed by atoms with E-state index >= 15 is 0 Å². The van der Waals surface area contributed by atoms with Crippen molar-refractivity contribution in [2.24, 2.45) is 10.9 Å². The van der Waals surface area contributed by atoms with Crippen molar-refractivity contribution in [3.63, 3.8) is 0 Å². The van der Waals surface area contributed by atoms with Gasteiger partial charge < -0.3 is 16.2 Å². The van der Waals surface area contributed by atoms with Gasteiger partial charge in [0.15, 0.2) is 0 Å². The fourth-order valence-electron chi connectivity index (χ4n) is 1.04. The molecule has 0 aliphatic heterocycles. The molecule has 0 aliphatic rings. The highest BCUT2D eigenvalue weighted by atomic mass is 16.4. The van der Waals surface area contributed by atoms with Crippen LogP contribution in [0.25, 0.3) is 0 Å². The fraction of sp³-hybridized carbons (Fsp3) is 0.750. The summed E-state index contributed by atoms with van der Waals surface area (Å²) in [5.74, 6) is -1.60. The molecule has 0 aliphatic carbocycles. The maximum atomic E-state index is 10.8. The first kappa shape index (κ1) is 13.5. The third-order valence-electron chi connectivity index (χ3n) is 1.81. The Labute approximate surface area is 87.0 Å². The topological polar surface area (TPSA) is 122 Å². The molecule has 0 aromatic rings. The number of nitrogens with two attached hydrogens (primary N) is 1. The summed E-state index contributed by atoms with van der Waals surface area (Å²) in [7, 11) is 0. The lowest BCUT2D eigenvalue weighted by molar-refractivity contribution is -0.141. The Bertz CT molecular complexity index is 232. The number of nitroso groups, excluding NO2 is 1. The lowest BCUT2D eigenvalue weighted by Gasteiger charge is -2.12. The van der Waals surface area contributed by atoms with Crippen LogP contribution < -0.4 is 11.1 Å². The third kappa shape index (κ3) is 6.55. The summed E-state index contributed by atoms with van der Waals surface area (Å²) in [5, 5.41) is 13.7. The van der Waals surface area contributed by atoms with E-state index in [1.807, 2.05) is 0 Å². The molecule has 7 nitrogen and oxygen atoms in total. The number of carbonyl (C=O) groups is 2. The average Bonchev–Trinajstić information content (AvgIpc) is 2.21. The van der Waals surface area contributed by atoms with E-state index < -0.39 is 17.9 Å². The molecule has 0 heterocycles. The molecule has 0 aromatic heterocycles. The zero-order chi connectivity index (χ0) is 11.7. The molecule has 86 valence electrons. The minimum absolute atomic E-state index is 0.164. The van der Waals surface area contributed by atoms with E-state index in [1.165, 1.54) is 0 Å². The number of nitrogens with zero attached hydrogens (tertiary/aromatic N) is 1. The lowest BCUT2D eigenvalue weighted by atomic mass is 10.1. The standard InChI is InChI=1S/C8H15N3O4/c9-5-7(12)11-6(8(13)14)3-1-2-4-10-15/h6H,1-5,9H2,(H,11,12)(H,13,14). The van der Waals surface area contributed by atoms with Gasteiger partial charge in [0.25, 0.3) is 0 Å². The first-order valence-electron chi connectivity index (χ1n) is 4.63. The molecular weight excluding hydrogens is 202 g/mol. The van der Waals surface area contributed by atoms with Crippen LogP contribution >= 0.6 is 0 Å². The summed E-state index contributed by atoms with van der Waals surface area (Å²) in [6.07, 6.45) is 1.32. The van der Waals surface area contributed by atoms with Crippen LogP contribution in [0, 0.1) is 4.91 Å². The second kappa shape index (κ2) is 7.86. The van der Waals surface area contributed by atoms with E-state index in [9.17, 15) is 14.5 Å². The van der Waals surface area contributed by atoms with Crippen molar-refractivity contribution in [3.8, 4) is 0 Å². The van der Waals surface area contributed by atoms with Crippen LogP contribution in [0.5, 0.6) is 0 Å². The van der Waals surface area contributed by atoms with Gasteiger partial charge in [-0.25, -0.2) is 4.79 Å².